The van der Waals surface area contributed by atoms with Gasteiger partial charge in [-0.2, -0.15) is 10.1 Å². The van der Waals surface area contributed by atoms with E-state index in [1.807, 2.05) is 75.1 Å². The Morgan fingerprint density at radius 2 is 1.83 bits per heavy atom. The van der Waals surface area contributed by atoms with Gasteiger partial charge in [0.05, 0.1) is 16.6 Å². The van der Waals surface area contributed by atoms with Crippen molar-refractivity contribution in [2.75, 3.05) is 0 Å². The number of aromatic amines is 1. The van der Waals surface area contributed by atoms with E-state index in [9.17, 15) is 0 Å². The molecule has 0 bridgehead atoms. The fourth-order valence-corrected chi connectivity index (χ4v) is 3.69. The molecule has 6 heteroatoms. The van der Waals surface area contributed by atoms with E-state index < -0.39 is 0 Å². The Balaban J connectivity index is 1.75. The highest BCUT2D eigenvalue weighted by Crippen LogP contribution is 2.34. The highest BCUT2D eigenvalue weighted by molar-refractivity contribution is 5.95. The fourth-order valence-electron chi connectivity index (χ4n) is 3.69. The molecular weight excluding hydrogens is 374 g/mol. The lowest BCUT2D eigenvalue weighted by Gasteiger charge is -2.22. The van der Waals surface area contributed by atoms with E-state index in [-0.39, 0.29) is 5.60 Å². The quantitative estimate of drug-likeness (QED) is 0.445. The van der Waals surface area contributed by atoms with Crippen LogP contribution in [0.4, 0.5) is 0 Å². The average molecular weight is 397 g/mol. The van der Waals surface area contributed by atoms with Gasteiger partial charge in [0.1, 0.15) is 5.60 Å². The predicted molar refractivity (Wildman–Crippen MR) is 119 cm³/mol. The summed E-state index contributed by atoms with van der Waals surface area (Å²) in [4.78, 5) is 13.0. The third-order valence-electron chi connectivity index (χ3n) is 5.02. The number of nitrogens with one attached hydrogen (secondary N) is 1. The predicted octanol–water partition coefficient (Wildman–Crippen LogP) is 5.36. The molecule has 5 rings (SSSR count). The lowest BCUT2D eigenvalue weighted by molar-refractivity contribution is 0.126. The molecule has 0 radical (unpaired) electrons. The highest BCUT2D eigenvalue weighted by atomic mass is 16.5. The second-order valence-electron chi connectivity index (χ2n) is 8.38. The first-order valence-electron chi connectivity index (χ1n) is 9.95. The normalized spacial score (nSPS) is 12.0. The van der Waals surface area contributed by atoms with Crippen molar-refractivity contribution in [3.8, 4) is 28.5 Å². The zero-order chi connectivity index (χ0) is 20.9. The minimum atomic E-state index is -0.388. The summed E-state index contributed by atoms with van der Waals surface area (Å²) >= 11 is 0. The second-order valence-corrected chi connectivity index (χ2v) is 8.38. The van der Waals surface area contributed by atoms with E-state index in [0.717, 1.165) is 38.6 Å². The molecule has 0 fully saturated rings. The number of fused-ring (bicyclic) bond motifs is 2. The second kappa shape index (κ2) is 6.69. The van der Waals surface area contributed by atoms with Gasteiger partial charge in [-0.05, 0) is 51.1 Å². The van der Waals surface area contributed by atoms with Crippen LogP contribution in [0.1, 0.15) is 20.8 Å². The van der Waals surface area contributed by atoms with Crippen LogP contribution in [0.15, 0.2) is 60.9 Å². The van der Waals surface area contributed by atoms with Crippen LogP contribution in [0.25, 0.3) is 44.5 Å². The van der Waals surface area contributed by atoms with Crippen LogP contribution in [0.3, 0.4) is 0 Å². The molecule has 30 heavy (non-hydrogen) atoms. The fraction of sp³-hybridized carbons (Fsp3) is 0.208. The van der Waals surface area contributed by atoms with Crippen molar-refractivity contribution in [2.24, 2.45) is 7.05 Å². The van der Waals surface area contributed by atoms with Crippen LogP contribution >= 0.6 is 0 Å². The van der Waals surface area contributed by atoms with Crippen LogP contribution in [0.2, 0.25) is 0 Å². The van der Waals surface area contributed by atoms with Crippen LogP contribution in [0, 0.1) is 0 Å². The molecule has 3 aromatic heterocycles. The zero-order valence-electron chi connectivity index (χ0n) is 17.5. The van der Waals surface area contributed by atoms with Gasteiger partial charge < -0.3 is 9.72 Å². The molecule has 0 unspecified atom stereocenters. The summed E-state index contributed by atoms with van der Waals surface area (Å²) in [5.41, 5.74) is 4.57. The number of hydrogen-bond acceptors (Lipinski definition) is 4. The number of aryl methyl sites for hydroxylation is 1. The van der Waals surface area contributed by atoms with Gasteiger partial charge >= 0.3 is 0 Å². The lowest BCUT2D eigenvalue weighted by atomic mass is 10.1. The minimum Gasteiger partial charge on any atom is -0.471 e. The van der Waals surface area contributed by atoms with E-state index in [0.29, 0.717) is 11.7 Å². The van der Waals surface area contributed by atoms with Gasteiger partial charge in [-0.25, -0.2) is 4.98 Å². The number of H-pyrrole nitrogens is 1. The third-order valence-corrected chi connectivity index (χ3v) is 5.02. The molecule has 6 nitrogen and oxygen atoms in total. The number of rotatable bonds is 3. The van der Waals surface area contributed by atoms with Crippen LogP contribution in [-0.2, 0) is 7.05 Å². The van der Waals surface area contributed by atoms with Crippen molar-refractivity contribution < 1.29 is 4.74 Å². The number of hydrogen-bond donors (Lipinski definition) is 1. The summed E-state index contributed by atoms with van der Waals surface area (Å²) < 4.78 is 8.15. The van der Waals surface area contributed by atoms with E-state index in [1.54, 1.807) is 6.20 Å². The molecule has 3 heterocycles. The first-order chi connectivity index (χ1) is 14.4. The summed E-state index contributed by atoms with van der Waals surface area (Å²) in [6.07, 6.45) is 3.73. The van der Waals surface area contributed by atoms with E-state index in [2.05, 4.69) is 22.2 Å². The minimum absolute atomic E-state index is 0.388. The molecule has 0 aliphatic rings. The number of aromatic nitrogens is 5. The molecule has 1 N–H and O–H groups in total. The van der Waals surface area contributed by atoms with Crippen molar-refractivity contribution in [3.63, 3.8) is 0 Å². The largest absolute Gasteiger partial charge is 0.471 e. The Bertz CT molecular complexity index is 1370. The molecule has 0 atom stereocenters. The smallest absolute Gasteiger partial charge is 0.225 e. The van der Waals surface area contributed by atoms with Gasteiger partial charge in [-0.1, -0.05) is 18.2 Å². The highest BCUT2D eigenvalue weighted by Gasteiger charge is 2.19. The Hall–Kier alpha value is -3.67. The van der Waals surface area contributed by atoms with Crippen molar-refractivity contribution in [1.82, 2.24) is 24.7 Å². The SMILES string of the molecule is Cn1nccc1-c1ccc2nc(-c3cccc4[nH]ccc34)nc(OC(C)(C)C)c2c1. The number of ether oxygens (including phenoxy) is 1. The summed E-state index contributed by atoms with van der Waals surface area (Å²) in [5.74, 6) is 1.24. The molecule has 150 valence electrons. The van der Waals surface area contributed by atoms with Crippen molar-refractivity contribution in [1.29, 1.82) is 0 Å². The molecular formula is C24H23N5O. The number of benzene rings is 2. The average Bonchev–Trinajstić information content (AvgIpc) is 3.35. The first-order valence-corrected chi connectivity index (χ1v) is 9.95. The summed E-state index contributed by atoms with van der Waals surface area (Å²) in [5, 5.41) is 6.25. The number of nitrogens with zero attached hydrogens (tertiary/aromatic N) is 4. The van der Waals surface area contributed by atoms with Gasteiger partial charge in [0.15, 0.2) is 5.82 Å². The summed E-state index contributed by atoms with van der Waals surface area (Å²) in [7, 11) is 1.93. The topological polar surface area (TPSA) is 68.6 Å². The molecule has 0 saturated carbocycles. The zero-order valence-corrected chi connectivity index (χ0v) is 17.5. The summed E-state index contributed by atoms with van der Waals surface area (Å²) in [6, 6.07) is 16.3. The molecule has 0 saturated heterocycles. The molecule has 0 spiro atoms. The lowest BCUT2D eigenvalue weighted by Crippen LogP contribution is -2.24. The van der Waals surface area contributed by atoms with Gasteiger partial charge in [-0.15, -0.1) is 0 Å². The standard InChI is InChI=1S/C24H23N5O/c1-24(2,3)30-23-18-14-15(21-11-13-26-29(21)4)8-9-20(18)27-22(28-23)17-6-5-7-19-16(17)10-12-25-19/h5-14,25H,1-4H3. The monoisotopic (exact) mass is 397 g/mol. The van der Waals surface area contributed by atoms with Crippen LogP contribution < -0.4 is 4.74 Å². The van der Waals surface area contributed by atoms with E-state index >= 15 is 0 Å². The van der Waals surface area contributed by atoms with Gasteiger partial charge in [0.25, 0.3) is 0 Å². The molecule has 0 aliphatic carbocycles. The molecule has 5 aromatic rings. The van der Waals surface area contributed by atoms with Crippen LogP contribution in [-0.4, -0.2) is 30.3 Å². The third kappa shape index (κ3) is 3.20. The van der Waals surface area contributed by atoms with Gasteiger partial charge in [0.2, 0.25) is 5.88 Å². The maximum absolute atomic E-state index is 6.29. The summed E-state index contributed by atoms with van der Waals surface area (Å²) in [6.45, 7) is 6.08. The van der Waals surface area contributed by atoms with E-state index in [4.69, 9.17) is 14.7 Å². The maximum Gasteiger partial charge on any atom is 0.225 e. The van der Waals surface area contributed by atoms with Crippen molar-refractivity contribution in [3.05, 3.63) is 60.9 Å². The van der Waals surface area contributed by atoms with Gasteiger partial charge in [-0.3, -0.25) is 4.68 Å². The van der Waals surface area contributed by atoms with Crippen molar-refractivity contribution in [2.45, 2.75) is 26.4 Å². The Kier molecular flexibility index (Phi) is 4.10. The molecule has 0 amide bonds. The van der Waals surface area contributed by atoms with Gasteiger partial charge in [0, 0.05) is 41.5 Å². The van der Waals surface area contributed by atoms with Crippen LogP contribution in [0.5, 0.6) is 5.88 Å². The van der Waals surface area contributed by atoms with E-state index in [1.165, 1.54) is 0 Å². The molecule has 0 aliphatic heterocycles. The van der Waals surface area contributed by atoms with Crippen molar-refractivity contribution >= 4 is 21.8 Å². The Morgan fingerprint density at radius 3 is 2.60 bits per heavy atom. The molecule has 2 aromatic carbocycles. The first kappa shape index (κ1) is 18.4. The Morgan fingerprint density at radius 1 is 0.967 bits per heavy atom. The maximum atomic E-state index is 6.29. The Labute approximate surface area is 174 Å².